The van der Waals surface area contributed by atoms with Crippen LogP contribution in [0.1, 0.15) is 25.3 Å². The van der Waals surface area contributed by atoms with Crippen LogP contribution in [0.3, 0.4) is 0 Å². The minimum absolute atomic E-state index is 0.0190. The molecule has 1 aromatic rings. The van der Waals surface area contributed by atoms with Gasteiger partial charge >= 0.3 is 0 Å². The maximum absolute atomic E-state index is 11.9. The van der Waals surface area contributed by atoms with Crippen molar-refractivity contribution in [3.05, 3.63) is 29.8 Å². The molecule has 6 heteroatoms. The average Bonchev–Trinajstić information content (AvgIpc) is 2.55. The standard InChI is InChI=1S/C16H23N3O3/c1-2-3-15(20)19-13-6-4-12(5-7-13)10-18-16(21)14-11-17-8-9-22-14/h4-7,14,17H,2-3,8-11H2,1H3,(H,18,21)(H,19,20). The van der Waals surface area contributed by atoms with Crippen LogP contribution >= 0.6 is 0 Å². The number of anilines is 1. The van der Waals surface area contributed by atoms with Gasteiger partial charge in [-0.3, -0.25) is 9.59 Å². The number of ether oxygens (including phenoxy) is 1. The summed E-state index contributed by atoms with van der Waals surface area (Å²) in [6, 6.07) is 7.46. The summed E-state index contributed by atoms with van der Waals surface area (Å²) in [6.07, 6.45) is 0.933. The molecule has 1 saturated heterocycles. The van der Waals surface area contributed by atoms with Gasteiger partial charge in [-0.15, -0.1) is 0 Å². The van der Waals surface area contributed by atoms with Crippen molar-refractivity contribution in [2.24, 2.45) is 0 Å². The van der Waals surface area contributed by atoms with E-state index in [2.05, 4.69) is 16.0 Å². The van der Waals surface area contributed by atoms with Gasteiger partial charge in [-0.25, -0.2) is 0 Å². The third kappa shape index (κ3) is 5.13. The predicted molar refractivity (Wildman–Crippen MR) is 84.4 cm³/mol. The molecule has 1 aliphatic heterocycles. The third-order valence-corrected chi connectivity index (χ3v) is 3.40. The number of nitrogens with one attached hydrogen (secondary N) is 3. The number of hydrogen-bond donors (Lipinski definition) is 3. The van der Waals surface area contributed by atoms with Crippen molar-refractivity contribution in [3.8, 4) is 0 Å². The Morgan fingerprint density at radius 3 is 2.73 bits per heavy atom. The zero-order valence-corrected chi connectivity index (χ0v) is 12.9. The van der Waals surface area contributed by atoms with E-state index >= 15 is 0 Å². The zero-order valence-electron chi connectivity index (χ0n) is 12.9. The van der Waals surface area contributed by atoms with Gasteiger partial charge in [0.2, 0.25) is 5.91 Å². The van der Waals surface area contributed by atoms with E-state index in [0.717, 1.165) is 24.2 Å². The van der Waals surface area contributed by atoms with Crippen LogP contribution in [0.25, 0.3) is 0 Å². The monoisotopic (exact) mass is 305 g/mol. The highest BCUT2D eigenvalue weighted by molar-refractivity contribution is 5.90. The maximum atomic E-state index is 11.9. The van der Waals surface area contributed by atoms with Gasteiger partial charge in [0.15, 0.2) is 0 Å². The van der Waals surface area contributed by atoms with E-state index in [1.54, 1.807) is 0 Å². The molecular weight excluding hydrogens is 282 g/mol. The van der Waals surface area contributed by atoms with Crippen molar-refractivity contribution < 1.29 is 14.3 Å². The average molecular weight is 305 g/mol. The molecule has 0 spiro atoms. The first-order valence-electron chi connectivity index (χ1n) is 7.68. The Bertz CT molecular complexity index is 496. The summed E-state index contributed by atoms with van der Waals surface area (Å²) in [7, 11) is 0. The van der Waals surface area contributed by atoms with Gasteiger partial charge in [-0.1, -0.05) is 19.1 Å². The highest BCUT2D eigenvalue weighted by Gasteiger charge is 2.21. The molecule has 1 unspecified atom stereocenters. The maximum Gasteiger partial charge on any atom is 0.250 e. The number of hydrogen-bond acceptors (Lipinski definition) is 4. The van der Waals surface area contributed by atoms with Crippen molar-refractivity contribution in [2.45, 2.75) is 32.4 Å². The van der Waals surface area contributed by atoms with Gasteiger partial charge < -0.3 is 20.7 Å². The molecule has 6 nitrogen and oxygen atoms in total. The smallest absolute Gasteiger partial charge is 0.250 e. The summed E-state index contributed by atoms with van der Waals surface area (Å²) >= 11 is 0. The second-order valence-corrected chi connectivity index (χ2v) is 5.28. The van der Waals surface area contributed by atoms with Gasteiger partial charge in [0.1, 0.15) is 6.10 Å². The first kappa shape index (κ1) is 16.5. The van der Waals surface area contributed by atoms with Gasteiger partial charge in [-0.2, -0.15) is 0 Å². The molecule has 1 aromatic carbocycles. The van der Waals surface area contributed by atoms with E-state index in [9.17, 15) is 9.59 Å². The Kier molecular flexibility index (Phi) is 6.36. The number of carbonyl (C=O) groups excluding carboxylic acids is 2. The number of rotatable bonds is 6. The number of amides is 2. The van der Waals surface area contributed by atoms with Crippen LogP contribution in [0.15, 0.2) is 24.3 Å². The third-order valence-electron chi connectivity index (χ3n) is 3.40. The summed E-state index contributed by atoms with van der Waals surface area (Å²) < 4.78 is 5.39. The molecule has 0 radical (unpaired) electrons. The second-order valence-electron chi connectivity index (χ2n) is 5.28. The van der Waals surface area contributed by atoms with E-state index in [4.69, 9.17) is 4.74 Å². The summed E-state index contributed by atoms with van der Waals surface area (Å²) in [5, 5.41) is 8.81. The quantitative estimate of drug-likeness (QED) is 0.733. The number of benzene rings is 1. The van der Waals surface area contributed by atoms with Crippen LogP contribution in [0, 0.1) is 0 Å². The van der Waals surface area contributed by atoms with Crippen molar-refractivity contribution in [2.75, 3.05) is 25.0 Å². The van der Waals surface area contributed by atoms with E-state index < -0.39 is 6.10 Å². The molecule has 2 rings (SSSR count). The SMILES string of the molecule is CCCC(=O)Nc1ccc(CNC(=O)C2CNCCO2)cc1. The molecule has 2 amide bonds. The van der Waals surface area contributed by atoms with Crippen LogP contribution in [-0.4, -0.2) is 37.6 Å². The Balaban J connectivity index is 1.78. The van der Waals surface area contributed by atoms with E-state index in [1.165, 1.54) is 0 Å². The lowest BCUT2D eigenvalue weighted by molar-refractivity contribution is -0.134. The lowest BCUT2D eigenvalue weighted by Crippen LogP contribution is -2.47. The lowest BCUT2D eigenvalue weighted by atomic mass is 10.2. The molecule has 0 bridgehead atoms. The number of carbonyl (C=O) groups is 2. The van der Waals surface area contributed by atoms with Crippen LogP contribution < -0.4 is 16.0 Å². The Hall–Kier alpha value is -1.92. The fraction of sp³-hybridized carbons (Fsp3) is 0.500. The molecule has 1 heterocycles. The van der Waals surface area contributed by atoms with Crippen LogP contribution in [0.5, 0.6) is 0 Å². The van der Waals surface area contributed by atoms with E-state index in [-0.39, 0.29) is 11.8 Å². The minimum Gasteiger partial charge on any atom is -0.366 e. The van der Waals surface area contributed by atoms with Crippen molar-refractivity contribution in [1.29, 1.82) is 0 Å². The normalized spacial score (nSPS) is 17.8. The Morgan fingerprint density at radius 1 is 1.32 bits per heavy atom. The predicted octanol–water partition coefficient (Wildman–Crippen LogP) is 1.03. The lowest BCUT2D eigenvalue weighted by Gasteiger charge is -2.22. The fourth-order valence-electron chi connectivity index (χ4n) is 2.19. The van der Waals surface area contributed by atoms with Crippen LogP contribution in [0.4, 0.5) is 5.69 Å². The van der Waals surface area contributed by atoms with Crippen molar-refractivity contribution >= 4 is 17.5 Å². The summed E-state index contributed by atoms with van der Waals surface area (Å²) in [6.45, 7) is 4.31. The van der Waals surface area contributed by atoms with Gasteiger partial charge in [0, 0.05) is 31.7 Å². The topological polar surface area (TPSA) is 79.5 Å². The van der Waals surface area contributed by atoms with Gasteiger partial charge in [0.05, 0.1) is 6.61 Å². The zero-order chi connectivity index (χ0) is 15.8. The molecule has 0 aromatic heterocycles. The van der Waals surface area contributed by atoms with Crippen molar-refractivity contribution in [3.63, 3.8) is 0 Å². The summed E-state index contributed by atoms with van der Waals surface area (Å²) in [4.78, 5) is 23.4. The molecule has 0 aliphatic carbocycles. The molecule has 120 valence electrons. The minimum atomic E-state index is -0.415. The van der Waals surface area contributed by atoms with Gasteiger partial charge in [-0.05, 0) is 24.1 Å². The van der Waals surface area contributed by atoms with Gasteiger partial charge in [0.25, 0.3) is 5.91 Å². The molecule has 1 atom stereocenters. The Morgan fingerprint density at radius 2 is 2.09 bits per heavy atom. The van der Waals surface area contributed by atoms with Crippen LogP contribution in [0.2, 0.25) is 0 Å². The summed E-state index contributed by atoms with van der Waals surface area (Å²) in [5.41, 5.74) is 1.75. The highest BCUT2D eigenvalue weighted by atomic mass is 16.5. The number of morpholine rings is 1. The first-order valence-corrected chi connectivity index (χ1v) is 7.68. The summed E-state index contributed by atoms with van der Waals surface area (Å²) in [5.74, 6) is -0.0852. The van der Waals surface area contributed by atoms with E-state index in [1.807, 2.05) is 31.2 Å². The fourth-order valence-corrected chi connectivity index (χ4v) is 2.19. The molecule has 3 N–H and O–H groups in total. The van der Waals surface area contributed by atoms with Crippen LogP contribution in [-0.2, 0) is 20.9 Å². The molecule has 0 saturated carbocycles. The van der Waals surface area contributed by atoms with E-state index in [0.29, 0.717) is 26.1 Å². The second kappa shape index (κ2) is 8.51. The molecule has 22 heavy (non-hydrogen) atoms. The van der Waals surface area contributed by atoms with Crippen molar-refractivity contribution in [1.82, 2.24) is 10.6 Å². The molecule has 1 aliphatic rings. The highest BCUT2D eigenvalue weighted by Crippen LogP contribution is 2.10. The molecular formula is C16H23N3O3. The molecule has 1 fully saturated rings. The first-order chi connectivity index (χ1) is 10.7. The Labute approximate surface area is 130 Å². The largest absolute Gasteiger partial charge is 0.366 e.